The van der Waals surface area contributed by atoms with E-state index < -0.39 is 22.1 Å². The molecule has 0 saturated carbocycles. The first-order chi connectivity index (χ1) is 19.9. The topological polar surface area (TPSA) is 97.4 Å². The lowest BCUT2D eigenvalue weighted by molar-refractivity contribution is -0.120. The van der Waals surface area contributed by atoms with Crippen LogP contribution >= 0.6 is 0 Å². The second kappa shape index (κ2) is 11.8. The molecule has 8 bridgehead atoms. The van der Waals surface area contributed by atoms with E-state index in [1.165, 1.54) is 16.4 Å². The minimum Gasteiger partial charge on any atom is -0.494 e. The number of carbonyl (C=O) groups excluding carboxylic acids is 1. The number of fused-ring (bicyclic) bond motifs is 7. The Labute approximate surface area is 239 Å². The lowest BCUT2D eigenvalue weighted by atomic mass is 9.89. The number of morpholine rings is 1. The molecule has 216 valence electrons. The smallest absolute Gasteiger partial charge is 0.283 e. The number of carbonyl (C=O) groups is 1. The van der Waals surface area contributed by atoms with Gasteiger partial charge >= 0.3 is 0 Å². The van der Waals surface area contributed by atoms with Crippen molar-refractivity contribution in [3.8, 4) is 17.2 Å². The number of rotatable bonds is 2. The SMILES string of the molecule is O=C1Cc2ccc(F)c(c2)Oc2ccc3c(c2)CCN(S(=O)(=O)N2CCOCC2)C3c2cccc(c2)OCCCN1. The van der Waals surface area contributed by atoms with Gasteiger partial charge in [-0.25, -0.2) is 4.39 Å². The van der Waals surface area contributed by atoms with Crippen LogP contribution < -0.4 is 14.8 Å². The van der Waals surface area contributed by atoms with Crippen LogP contribution in [0.3, 0.4) is 0 Å². The van der Waals surface area contributed by atoms with Crippen molar-refractivity contribution >= 4 is 16.1 Å². The Morgan fingerprint density at radius 3 is 2.63 bits per heavy atom. The van der Waals surface area contributed by atoms with E-state index in [1.807, 2.05) is 36.4 Å². The Kier molecular flexibility index (Phi) is 7.94. The summed E-state index contributed by atoms with van der Waals surface area (Å²) in [6, 6.07) is 16.7. The molecular weight excluding hydrogens is 549 g/mol. The summed E-state index contributed by atoms with van der Waals surface area (Å²) >= 11 is 0. The Hall–Kier alpha value is -3.51. The third-order valence-electron chi connectivity index (χ3n) is 7.57. The van der Waals surface area contributed by atoms with Gasteiger partial charge in [0.25, 0.3) is 10.2 Å². The monoisotopic (exact) mass is 581 g/mol. The van der Waals surface area contributed by atoms with Crippen LogP contribution in [0.4, 0.5) is 4.39 Å². The quantitative estimate of drug-likeness (QED) is 0.497. The molecule has 0 spiro atoms. The molecule has 3 aromatic rings. The minimum atomic E-state index is -3.80. The third kappa shape index (κ3) is 5.94. The molecule has 4 aliphatic rings. The second-order valence-electron chi connectivity index (χ2n) is 10.3. The van der Waals surface area contributed by atoms with E-state index in [4.69, 9.17) is 14.2 Å². The number of nitrogens with one attached hydrogen (secondary N) is 1. The summed E-state index contributed by atoms with van der Waals surface area (Å²) in [5.74, 6) is 0.367. The van der Waals surface area contributed by atoms with E-state index in [0.29, 0.717) is 69.4 Å². The van der Waals surface area contributed by atoms with Crippen molar-refractivity contribution in [2.75, 3.05) is 46.0 Å². The lowest BCUT2D eigenvalue weighted by Crippen LogP contribution is -2.51. The summed E-state index contributed by atoms with van der Waals surface area (Å²) in [5, 5.41) is 2.87. The van der Waals surface area contributed by atoms with E-state index in [9.17, 15) is 17.6 Å². The van der Waals surface area contributed by atoms with Crippen LogP contribution in [0.25, 0.3) is 0 Å². The summed E-state index contributed by atoms with van der Waals surface area (Å²) in [6.07, 6.45) is 1.14. The van der Waals surface area contributed by atoms with Crippen LogP contribution in [0.5, 0.6) is 17.2 Å². The van der Waals surface area contributed by atoms with Crippen molar-refractivity contribution in [2.24, 2.45) is 0 Å². The van der Waals surface area contributed by atoms with Crippen molar-refractivity contribution in [1.29, 1.82) is 0 Å². The predicted octanol–water partition coefficient (Wildman–Crippen LogP) is 3.58. The van der Waals surface area contributed by atoms with Crippen LogP contribution in [-0.4, -0.2) is 68.9 Å². The van der Waals surface area contributed by atoms with Gasteiger partial charge in [-0.1, -0.05) is 24.3 Å². The molecule has 11 heteroatoms. The highest BCUT2D eigenvalue weighted by molar-refractivity contribution is 7.86. The molecule has 1 saturated heterocycles. The molecule has 1 unspecified atom stereocenters. The fraction of sp³-hybridized carbons (Fsp3) is 0.367. The molecule has 4 heterocycles. The number of nitrogens with zero attached hydrogens (tertiary/aromatic N) is 2. The molecule has 0 radical (unpaired) electrons. The van der Waals surface area contributed by atoms with Gasteiger partial charge in [-0.15, -0.1) is 0 Å². The number of hydrogen-bond acceptors (Lipinski definition) is 6. The Balaban J connectivity index is 1.42. The van der Waals surface area contributed by atoms with Crippen LogP contribution in [-0.2, 0) is 32.6 Å². The number of ether oxygens (including phenoxy) is 3. The molecule has 3 aromatic carbocycles. The van der Waals surface area contributed by atoms with Gasteiger partial charge in [-0.3, -0.25) is 4.79 Å². The number of hydrogen-bond donors (Lipinski definition) is 1. The van der Waals surface area contributed by atoms with Gasteiger partial charge in [-0.05, 0) is 71.5 Å². The van der Waals surface area contributed by atoms with Crippen LogP contribution in [0, 0.1) is 5.82 Å². The Morgan fingerprint density at radius 2 is 1.78 bits per heavy atom. The molecule has 1 N–H and O–H groups in total. The fourth-order valence-corrected chi connectivity index (χ4v) is 7.27. The van der Waals surface area contributed by atoms with E-state index in [2.05, 4.69) is 5.32 Å². The molecule has 41 heavy (non-hydrogen) atoms. The van der Waals surface area contributed by atoms with Crippen LogP contribution in [0.1, 0.15) is 34.7 Å². The third-order valence-corrected chi connectivity index (χ3v) is 9.57. The predicted molar refractivity (Wildman–Crippen MR) is 150 cm³/mol. The summed E-state index contributed by atoms with van der Waals surface area (Å²) in [5.41, 5.74) is 3.16. The van der Waals surface area contributed by atoms with Gasteiger partial charge in [0.2, 0.25) is 5.91 Å². The zero-order valence-electron chi connectivity index (χ0n) is 22.6. The van der Waals surface area contributed by atoms with E-state index >= 15 is 0 Å². The molecule has 0 aliphatic carbocycles. The fourth-order valence-electron chi connectivity index (χ4n) is 5.54. The van der Waals surface area contributed by atoms with Crippen molar-refractivity contribution in [2.45, 2.75) is 25.3 Å². The maximum Gasteiger partial charge on any atom is 0.283 e. The van der Waals surface area contributed by atoms with Gasteiger partial charge in [0.15, 0.2) is 11.6 Å². The Morgan fingerprint density at radius 1 is 0.927 bits per heavy atom. The molecule has 1 atom stereocenters. The van der Waals surface area contributed by atoms with Gasteiger partial charge in [0.05, 0.1) is 32.3 Å². The number of halogens is 1. The minimum absolute atomic E-state index is 0.0261. The summed E-state index contributed by atoms with van der Waals surface area (Å²) in [7, 11) is -3.80. The highest BCUT2D eigenvalue weighted by Crippen LogP contribution is 2.41. The summed E-state index contributed by atoms with van der Waals surface area (Å²) in [4.78, 5) is 12.5. The van der Waals surface area contributed by atoms with E-state index in [-0.39, 0.29) is 24.6 Å². The van der Waals surface area contributed by atoms with Crippen LogP contribution in [0.15, 0.2) is 60.7 Å². The zero-order chi connectivity index (χ0) is 28.4. The molecule has 1 fully saturated rings. The van der Waals surface area contributed by atoms with Crippen LogP contribution in [0.2, 0.25) is 0 Å². The first-order valence-corrected chi connectivity index (χ1v) is 15.2. The van der Waals surface area contributed by atoms with Crippen molar-refractivity contribution in [3.63, 3.8) is 0 Å². The molecule has 1 amide bonds. The highest BCUT2D eigenvalue weighted by atomic mass is 32.2. The number of amides is 1. The van der Waals surface area contributed by atoms with E-state index in [1.54, 1.807) is 16.4 Å². The maximum atomic E-state index is 14.7. The second-order valence-corrected chi connectivity index (χ2v) is 12.2. The summed E-state index contributed by atoms with van der Waals surface area (Å²) in [6.45, 7) is 2.38. The van der Waals surface area contributed by atoms with Gasteiger partial charge in [-0.2, -0.15) is 17.0 Å². The van der Waals surface area contributed by atoms with Crippen molar-refractivity contribution < 1.29 is 31.8 Å². The molecule has 7 rings (SSSR count). The average molecular weight is 582 g/mol. The first kappa shape index (κ1) is 27.6. The molecule has 4 aliphatic heterocycles. The summed E-state index contributed by atoms with van der Waals surface area (Å²) < 4.78 is 63.0. The normalized spacial score (nSPS) is 20.6. The standard InChI is InChI=1S/C30H32FN3O6S/c31-27-8-5-21-17-28(27)40-25-6-7-26-22(19-25)9-11-34(41(36,37)33-12-15-38-16-13-33)30(26)23-3-1-4-24(20-23)39-14-2-10-32-29(35)18-21/h1,3-8,17,19-20,30H,2,9-16,18H2,(H,32,35). The molecule has 9 nitrogen and oxygen atoms in total. The highest BCUT2D eigenvalue weighted by Gasteiger charge is 2.40. The molecule has 0 aromatic heterocycles. The zero-order valence-corrected chi connectivity index (χ0v) is 23.4. The van der Waals surface area contributed by atoms with Gasteiger partial charge < -0.3 is 19.5 Å². The van der Waals surface area contributed by atoms with Gasteiger partial charge in [0, 0.05) is 26.2 Å². The van der Waals surface area contributed by atoms with E-state index in [0.717, 1.165) is 16.7 Å². The van der Waals surface area contributed by atoms with Gasteiger partial charge in [0.1, 0.15) is 11.5 Å². The molecular formula is C30H32FN3O6S. The van der Waals surface area contributed by atoms with Crippen molar-refractivity contribution in [3.05, 3.63) is 88.7 Å². The maximum absolute atomic E-state index is 14.7. The first-order valence-electron chi connectivity index (χ1n) is 13.8. The lowest BCUT2D eigenvalue weighted by Gasteiger charge is -2.40. The Bertz CT molecular complexity index is 1540. The van der Waals surface area contributed by atoms with Crippen molar-refractivity contribution in [1.82, 2.24) is 13.9 Å². The average Bonchev–Trinajstić information content (AvgIpc) is 2.98. The largest absolute Gasteiger partial charge is 0.494 e. The number of benzene rings is 3.